The van der Waals surface area contributed by atoms with Gasteiger partial charge in [-0.05, 0) is 6.07 Å². The van der Waals surface area contributed by atoms with E-state index in [1.165, 1.54) is 12.3 Å². The zero-order valence-electron chi connectivity index (χ0n) is 9.25. The number of nitrogens with zero attached hydrogens (tertiary/aromatic N) is 3. The molecule has 0 aliphatic carbocycles. The Balaban J connectivity index is 3.41. The summed E-state index contributed by atoms with van der Waals surface area (Å²) in [7, 11) is 3.41. The molecule has 7 heteroatoms. The third-order valence-corrected chi connectivity index (χ3v) is 2.09. The fourth-order valence-electron chi connectivity index (χ4n) is 1.24. The molecular weight excluding hydrogens is 246 g/mol. The second-order valence-corrected chi connectivity index (χ2v) is 3.83. The molecule has 0 radical (unpaired) electrons. The fourth-order valence-corrected chi connectivity index (χ4v) is 1.40. The first-order valence-corrected chi connectivity index (χ1v) is 4.97. The highest BCUT2D eigenvalue weighted by atomic mass is 35.5. The number of hydrogen-bond donors (Lipinski definition) is 0. The van der Waals surface area contributed by atoms with Crippen molar-refractivity contribution >= 4 is 29.1 Å². The molecule has 0 saturated carbocycles. The van der Waals surface area contributed by atoms with Gasteiger partial charge in [-0.15, -0.1) is 0 Å². The second kappa shape index (κ2) is 5.40. The first-order chi connectivity index (χ1) is 7.95. The van der Waals surface area contributed by atoms with Crippen LogP contribution in [0.5, 0.6) is 0 Å². The van der Waals surface area contributed by atoms with Crippen LogP contribution in [0.3, 0.4) is 0 Å². The average molecular weight is 256 g/mol. The number of halogens is 1. The number of aldehydes is 1. The maximum Gasteiger partial charge on any atom is 0.295 e. The molecule has 0 fully saturated rings. The summed E-state index contributed by atoms with van der Waals surface area (Å²) < 4.78 is 0. The van der Waals surface area contributed by atoms with Crippen LogP contribution >= 0.6 is 11.6 Å². The molecule has 1 heterocycles. The molecule has 1 aromatic rings. The molecule has 0 atom stereocenters. The second-order valence-electron chi connectivity index (χ2n) is 3.45. The Morgan fingerprint density at radius 2 is 2.24 bits per heavy atom. The summed E-state index contributed by atoms with van der Waals surface area (Å²) in [6, 6.07) is 1.30. The van der Waals surface area contributed by atoms with Crippen molar-refractivity contribution in [1.29, 1.82) is 0 Å². The zero-order chi connectivity index (χ0) is 13.0. The molecule has 90 valence electrons. The van der Waals surface area contributed by atoms with Crippen LogP contribution < -0.4 is 0 Å². The Hall–Kier alpha value is -1.95. The number of aromatic nitrogens is 1. The van der Waals surface area contributed by atoms with Crippen molar-refractivity contribution < 1.29 is 9.72 Å². The largest absolute Gasteiger partial charge is 0.383 e. The minimum Gasteiger partial charge on any atom is -0.383 e. The summed E-state index contributed by atoms with van der Waals surface area (Å²) in [5, 5.41) is 10.9. The Morgan fingerprint density at radius 1 is 1.59 bits per heavy atom. The molecule has 0 aromatic carbocycles. The molecule has 0 aliphatic rings. The van der Waals surface area contributed by atoms with E-state index in [1.54, 1.807) is 19.0 Å². The van der Waals surface area contributed by atoms with Crippen molar-refractivity contribution in [2.75, 3.05) is 14.1 Å². The Kier molecular flexibility index (Phi) is 4.17. The number of carbonyl (C=O) groups is 1. The van der Waals surface area contributed by atoms with Gasteiger partial charge in [0.1, 0.15) is 11.3 Å². The predicted octanol–water partition coefficient (Wildman–Crippen LogP) is 1.74. The monoisotopic (exact) mass is 255 g/mol. The highest BCUT2D eigenvalue weighted by Gasteiger charge is 2.18. The number of rotatable bonds is 4. The standard InChI is InChI=1S/C10H10ClN3O3/c1-13(2)5-7(6-15)8-3-10(11)12-4-9(8)14(16)17/h3-6H,1-2H3. The van der Waals surface area contributed by atoms with Crippen molar-refractivity contribution in [3.05, 3.63) is 39.3 Å². The summed E-state index contributed by atoms with van der Waals surface area (Å²) in [6.45, 7) is 0. The number of nitro groups is 1. The number of hydrogen-bond acceptors (Lipinski definition) is 5. The molecule has 0 aliphatic heterocycles. The van der Waals surface area contributed by atoms with E-state index in [0.29, 0.717) is 6.29 Å². The van der Waals surface area contributed by atoms with Gasteiger partial charge in [-0.1, -0.05) is 11.6 Å². The lowest BCUT2D eigenvalue weighted by atomic mass is 10.1. The zero-order valence-corrected chi connectivity index (χ0v) is 10.0. The maximum absolute atomic E-state index is 10.9. The van der Waals surface area contributed by atoms with Gasteiger partial charge in [0.15, 0.2) is 6.29 Å². The van der Waals surface area contributed by atoms with Gasteiger partial charge in [-0.3, -0.25) is 14.9 Å². The van der Waals surface area contributed by atoms with E-state index in [9.17, 15) is 14.9 Å². The molecule has 0 N–H and O–H groups in total. The van der Waals surface area contributed by atoms with Crippen molar-refractivity contribution in [3.8, 4) is 0 Å². The van der Waals surface area contributed by atoms with Gasteiger partial charge in [-0.2, -0.15) is 0 Å². The third-order valence-electron chi connectivity index (χ3n) is 1.88. The number of carbonyl (C=O) groups excluding carboxylic acids is 1. The first kappa shape index (κ1) is 13.1. The van der Waals surface area contributed by atoms with Crippen molar-refractivity contribution in [2.45, 2.75) is 0 Å². The molecule has 17 heavy (non-hydrogen) atoms. The van der Waals surface area contributed by atoms with Gasteiger partial charge in [0, 0.05) is 25.9 Å². The van der Waals surface area contributed by atoms with E-state index < -0.39 is 4.92 Å². The molecule has 0 bridgehead atoms. The molecule has 0 saturated heterocycles. The van der Waals surface area contributed by atoms with Gasteiger partial charge in [0.05, 0.1) is 10.5 Å². The van der Waals surface area contributed by atoms with Crippen LogP contribution in [0.15, 0.2) is 18.5 Å². The van der Waals surface area contributed by atoms with E-state index in [1.807, 2.05) is 0 Å². The van der Waals surface area contributed by atoms with Crippen molar-refractivity contribution in [3.63, 3.8) is 0 Å². The first-order valence-electron chi connectivity index (χ1n) is 4.59. The van der Waals surface area contributed by atoms with Gasteiger partial charge in [0.25, 0.3) is 5.69 Å². The van der Waals surface area contributed by atoms with Gasteiger partial charge < -0.3 is 4.90 Å². The van der Waals surface area contributed by atoms with Crippen molar-refractivity contribution in [1.82, 2.24) is 9.88 Å². The average Bonchev–Trinajstić information content (AvgIpc) is 2.25. The lowest BCUT2D eigenvalue weighted by Crippen LogP contribution is -2.05. The fraction of sp³-hybridized carbons (Fsp3) is 0.200. The lowest BCUT2D eigenvalue weighted by Gasteiger charge is -2.08. The quantitative estimate of drug-likeness (QED) is 0.269. The Morgan fingerprint density at radius 3 is 2.71 bits per heavy atom. The van der Waals surface area contributed by atoms with E-state index >= 15 is 0 Å². The van der Waals surface area contributed by atoms with Crippen LogP contribution in [-0.4, -0.2) is 35.2 Å². The third kappa shape index (κ3) is 3.25. The van der Waals surface area contributed by atoms with Crippen LogP contribution in [0.25, 0.3) is 5.57 Å². The molecule has 0 spiro atoms. The summed E-state index contributed by atoms with van der Waals surface area (Å²) >= 11 is 5.67. The molecule has 0 unspecified atom stereocenters. The molecule has 0 amide bonds. The highest BCUT2D eigenvalue weighted by Crippen LogP contribution is 2.26. The topological polar surface area (TPSA) is 76.3 Å². The van der Waals surface area contributed by atoms with Crippen molar-refractivity contribution in [2.24, 2.45) is 0 Å². The molecule has 6 nitrogen and oxygen atoms in total. The summed E-state index contributed by atoms with van der Waals surface area (Å²) in [6.07, 6.45) is 3.05. The van der Waals surface area contributed by atoms with Gasteiger partial charge in [0.2, 0.25) is 0 Å². The van der Waals surface area contributed by atoms with E-state index in [-0.39, 0.29) is 22.0 Å². The molecular formula is C10H10ClN3O3. The SMILES string of the molecule is CN(C)C=C(C=O)c1cc(Cl)ncc1[N+](=O)[O-]. The Labute approximate surface area is 103 Å². The van der Waals surface area contributed by atoms with Crippen LogP contribution in [0.2, 0.25) is 5.15 Å². The summed E-state index contributed by atoms with van der Waals surface area (Å²) in [5.41, 5.74) is 0.0688. The number of allylic oxidation sites excluding steroid dienone is 1. The minimum absolute atomic E-state index is 0.0945. The lowest BCUT2D eigenvalue weighted by molar-refractivity contribution is -0.385. The minimum atomic E-state index is -0.605. The maximum atomic E-state index is 10.9. The van der Waals surface area contributed by atoms with Crippen LogP contribution in [0.4, 0.5) is 5.69 Å². The Bertz CT molecular complexity index is 486. The van der Waals surface area contributed by atoms with E-state index in [4.69, 9.17) is 11.6 Å². The number of pyridine rings is 1. The summed E-state index contributed by atoms with van der Waals surface area (Å²) in [5.74, 6) is 0. The van der Waals surface area contributed by atoms with Gasteiger partial charge >= 0.3 is 0 Å². The predicted molar refractivity (Wildman–Crippen MR) is 63.6 cm³/mol. The van der Waals surface area contributed by atoms with Crippen LogP contribution in [-0.2, 0) is 4.79 Å². The highest BCUT2D eigenvalue weighted by molar-refractivity contribution is 6.29. The van der Waals surface area contributed by atoms with Crippen LogP contribution in [0, 0.1) is 10.1 Å². The van der Waals surface area contributed by atoms with Gasteiger partial charge in [-0.25, -0.2) is 4.98 Å². The normalized spacial score (nSPS) is 11.1. The summed E-state index contributed by atoms with van der Waals surface area (Å²) in [4.78, 5) is 26.4. The molecule has 1 rings (SSSR count). The molecule has 1 aromatic heterocycles. The van der Waals surface area contributed by atoms with E-state index in [2.05, 4.69) is 4.98 Å². The smallest absolute Gasteiger partial charge is 0.295 e. The van der Waals surface area contributed by atoms with E-state index in [0.717, 1.165) is 6.20 Å². The van der Waals surface area contributed by atoms with Crippen LogP contribution in [0.1, 0.15) is 5.56 Å².